The molecule has 0 unspecified atom stereocenters. The average molecular weight is 420 g/mol. The van der Waals surface area contributed by atoms with Gasteiger partial charge in [-0.1, -0.05) is 12.1 Å². The summed E-state index contributed by atoms with van der Waals surface area (Å²) in [6.45, 7) is 6.83. The first-order valence-corrected chi connectivity index (χ1v) is 11.0. The predicted molar refractivity (Wildman–Crippen MR) is 117 cm³/mol. The number of rotatable bonds is 6. The molecule has 0 radical (unpaired) electrons. The van der Waals surface area contributed by atoms with E-state index in [1.54, 1.807) is 11.9 Å². The molecule has 30 heavy (non-hydrogen) atoms. The first kappa shape index (κ1) is 24.2. The second-order valence-corrected chi connectivity index (χ2v) is 8.24. The number of fused-ring (bicyclic) bond motifs is 1. The zero-order valence-electron chi connectivity index (χ0n) is 18.7. The summed E-state index contributed by atoms with van der Waals surface area (Å²) < 4.78 is 6.07. The van der Waals surface area contributed by atoms with Crippen LogP contribution in [0.15, 0.2) is 18.2 Å². The van der Waals surface area contributed by atoms with Crippen LogP contribution in [0.4, 0.5) is 0 Å². The van der Waals surface area contributed by atoms with Gasteiger partial charge in [0, 0.05) is 44.7 Å². The van der Waals surface area contributed by atoms with Crippen molar-refractivity contribution >= 4 is 11.8 Å². The van der Waals surface area contributed by atoms with E-state index in [-0.39, 0.29) is 24.5 Å². The van der Waals surface area contributed by atoms with Crippen LogP contribution in [-0.4, -0.2) is 72.7 Å². The third-order valence-electron chi connectivity index (χ3n) is 5.46. The quantitative estimate of drug-likeness (QED) is 0.737. The smallest absolute Gasteiger partial charge is 0.234 e. The highest BCUT2D eigenvalue weighted by Crippen LogP contribution is 2.24. The van der Waals surface area contributed by atoms with Gasteiger partial charge in [-0.3, -0.25) is 14.5 Å². The molecule has 0 saturated carbocycles. The minimum Gasteiger partial charge on any atom is -0.493 e. The molecule has 7 heteroatoms. The Hall–Kier alpha value is -2.12. The van der Waals surface area contributed by atoms with E-state index >= 15 is 0 Å². The molecule has 0 saturated heterocycles. The van der Waals surface area contributed by atoms with Crippen molar-refractivity contribution in [3.8, 4) is 5.75 Å². The molecule has 2 N–H and O–H groups in total. The van der Waals surface area contributed by atoms with E-state index in [2.05, 4.69) is 30.1 Å². The lowest BCUT2D eigenvalue weighted by Gasteiger charge is -2.27. The Morgan fingerprint density at radius 2 is 2.07 bits per heavy atom. The van der Waals surface area contributed by atoms with E-state index in [0.717, 1.165) is 36.1 Å². The maximum absolute atomic E-state index is 12.3. The molecule has 1 aliphatic heterocycles. The highest BCUT2D eigenvalue weighted by atomic mass is 16.5. The SMILES string of the molecule is CC(C)N1CC(=O)NCCCCCOc2ccc(CCC(=O)N(C)CCO)cc2C1. The molecule has 1 aromatic rings. The van der Waals surface area contributed by atoms with Crippen LogP contribution in [0.5, 0.6) is 5.75 Å². The van der Waals surface area contributed by atoms with Gasteiger partial charge in [-0.2, -0.15) is 0 Å². The number of amides is 2. The normalized spacial score (nSPS) is 16.5. The van der Waals surface area contributed by atoms with Gasteiger partial charge >= 0.3 is 0 Å². The second kappa shape index (κ2) is 12.5. The molecule has 2 amide bonds. The number of likely N-dealkylation sites (N-methyl/N-ethyl adjacent to an activating group) is 1. The van der Waals surface area contributed by atoms with Gasteiger partial charge < -0.3 is 20.1 Å². The maximum atomic E-state index is 12.3. The van der Waals surface area contributed by atoms with Crippen LogP contribution < -0.4 is 10.1 Å². The molecule has 168 valence electrons. The number of aryl methyl sites for hydroxylation is 1. The topological polar surface area (TPSA) is 82.1 Å². The van der Waals surface area contributed by atoms with Crippen molar-refractivity contribution in [2.24, 2.45) is 0 Å². The molecule has 2 rings (SSSR count). The van der Waals surface area contributed by atoms with Crippen molar-refractivity contribution in [3.05, 3.63) is 29.3 Å². The number of benzene rings is 1. The lowest BCUT2D eigenvalue weighted by Crippen LogP contribution is -2.40. The average Bonchev–Trinajstić information content (AvgIpc) is 2.72. The molecule has 0 atom stereocenters. The fourth-order valence-electron chi connectivity index (χ4n) is 3.46. The third-order valence-corrected chi connectivity index (χ3v) is 5.46. The Balaban J connectivity index is 2.16. The molecule has 1 aliphatic rings. The zero-order chi connectivity index (χ0) is 21.9. The molecule has 0 bridgehead atoms. The minimum atomic E-state index is -0.0307. The monoisotopic (exact) mass is 419 g/mol. The summed E-state index contributed by atoms with van der Waals surface area (Å²) in [5, 5.41) is 12.0. The molecule has 1 heterocycles. The minimum absolute atomic E-state index is 0.0183. The van der Waals surface area contributed by atoms with Crippen molar-refractivity contribution in [3.63, 3.8) is 0 Å². The van der Waals surface area contributed by atoms with Gasteiger partial charge in [0.1, 0.15) is 5.75 Å². The maximum Gasteiger partial charge on any atom is 0.234 e. The lowest BCUT2D eigenvalue weighted by molar-refractivity contribution is -0.130. The van der Waals surface area contributed by atoms with Crippen molar-refractivity contribution in [1.29, 1.82) is 0 Å². The first-order valence-electron chi connectivity index (χ1n) is 11.0. The van der Waals surface area contributed by atoms with Crippen molar-refractivity contribution in [1.82, 2.24) is 15.1 Å². The van der Waals surface area contributed by atoms with Crippen LogP contribution in [0, 0.1) is 0 Å². The van der Waals surface area contributed by atoms with Gasteiger partial charge in [-0.15, -0.1) is 0 Å². The summed E-state index contributed by atoms with van der Waals surface area (Å²) in [5.74, 6) is 0.927. The number of nitrogens with zero attached hydrogens (tertiary/aromatic N) is 2. The van der Waals surface area contributed by atoms with E-state index < -0.39 is 0 Å². The van der Waals surface area contributed by atoms with Gasteiger partial charge in [0.15, 0.2) is 0 Å². The summed E-state index contributed by atoms with van der Waals surface area (Å²) in [7, 11) is 1.71. The summed E-state index contributed by atoms with van der Waals surface area (Å²) in [6.07, 6.45) is 3.96. The number of carbonyl (C=O) groups is 2. The van der Waals surface area contributed by atoms with E-state index in [4.69, 9.17) is 9.84 Å². The highest BCUT2D eigenvalue weighted by molar-refractivity contribution is 5.78. The van der Waals surface area contributed by atoms with E-state index in [1.807, 2.05) is 12.1 Å². The van der Waals surface area contributed by atoms with Gasteiger partial charge in [0.25, 0.3) is 0 Å². The highest BCUT2D eigenvalue weighted by Gasteiger charge is 2.18. The van der Waals surface area contributed by atoms with Gasteiger partial charge in [0.05, 0.1) is 19.8 Å². The lowest BCUT2D eigenvalue weighted by atomic mass is 10.0. The standard InChI is InChI=1S/C23H37N3O4/c1-18(2)26-16-20-15-19(8-10-23(29)25(3)12-13-27)7-9-21(20)30-14-6-4-5-11-24-22(28)17-26/h7,9,15,18,27H,4-6,8,10-14,16-17H2,1-3H3,(H,24,28). The van der Waals surface area contributed by atoms with Crippen LogP contribution in [0.3, 0.4) is 0 Å². The molecule has 0 fully saturated rings. The molecular weight excluding hydrogens is 382 g/mol. The summed E-state index contributed by atoms with van der Waals surface area (Å²) in [4.78, 5) is 28.2. The number of hydrogen-bond donors (Lipinski definition) is 2. The second-order valence-electron chi connectivity index (χ2n) is 8.24. The van der Waals surface area contributed by atoms with Crippen LogP contribution >= 0.6 is 0 Å². The number of nitrogens with one attached hydrogen (secondary N) is 1. The summed E-state index contributed by atoms with van der Waals surface area (Å²) >= 11 is 0. The van der Waals surface area contributed by atoms with Crippen molar-refractivity contribution < 1.29 is 19.4 Å². The molecule has 0 aliphatic carbocycles. The van der Waals surface area contributed by atoms with E-state index in [1.165, 1.54) is 0 Å². The fraction of sp³-hybridized carbons (Fsp3) is 0.652. The Labute approximate surface area is 180 Å². The van der Waals surface area contributed by atoms with Crippen LogP contribution in [0.2, 0.25) is 0 Å². The largest absolute Gasteiger partial charge is 0.493 e. The molecule has 1 aromatic carbocycles. The Kier molecular flexibility index (Phi) is 10.1. The molecule has 0 aromatic heterocycles. The number of hydrogen-bond acceptors (Lipinski definition) is 5. The Morgan fingerprint density at radius 1 is 1.27 bits per heavy atom. The van der Waals surface area contributed by atoms with Crippen LogP contribution in [0.25, 0.3) is 0 Å². The number of aliphatic hydroxyl groups is 1. The fourth-order valence-corrected chi connectivity index (χ4v) is 3.46. The van der Waals surface area contributed by atoms with Crippen LogP contribution in [-0.2, 0) is 22.6 Å². The predicted octanol–water partition coefficient (Wildman–Crippen LogP) is 1.96. The van der Waals surface area contributed by atoms with Gasteiger partial charge in [0.2, 0.25) is 11.8 Å². The summed E-state index contributed by atoms with van der Waals surface area (Å²) in [6, 6.07) is 6.32. The number of carbonyl (C=O) groups excluding carboxylic acids is 2. The number of aliphatic hydroxyl groups excluding tert-OH is 1. The van der Waals surface area contributed by atoms with Gasteiger partial charge in [-0.25, -0.2) is 0 Å². The molecule has 7 nitrogen and oxygen atoms in total. The molecule has 0 spiro atoms. The van der Waals surface area contributed by atoms with Crippen molar-refractivity contribution in [2.45, 2.75) is 58.5 Å². The Bertz CT molecular complexity index is 693. The van der Waals surface area contributed by atoms with E-state index in [9.17, 15) is 9.59 Å². The van der Waals surface area contributed by atoms with Gasteiger partial charge in [-0.05, 0) is 51.2 Å². The first-order chi connectivity index (χ1) is 14.4. The Morgan fingerprint density at radius 3 is 2.80 bits per heavy atom. The van der Waals surface area contributed by atoms with E-state index in [0.29, 0.717) is 45.6 Å². The molecular formula is C23H37N3O4. The summed E-state index contributed by atoms with van der Waals surface area (Å²) in [5.41, 5.74) is 2.12. The third kappa shape index (κ3) is 7.95. The number of ether oxygens (including phenoxy) is 1. The van der Waals surface area contributed by atoms with Crippen LogP contribution in [0.1, 0.15) is 50.7 Å². The zero-order valence-corrected chi connectivity index (χ0v) is 18.7. The van der Waals surface area contributed by atoms with Crippen molar-refractivity contribution in [2.75, 3.05) is 39.9 Å².